The van der Waals surface area contributed by atoms with E-state index in [4.69, 9.17) is 4.74 Å². The van der Waals surface area contributed by atoms with Gasteiger partial charge in [0, 0.05) is 0 Å². The normalized spacial score (nSPS) is 10.7. The zero-order valence-corrected chi connectivity index (χ0v) is 10.2. The first-order valence-electron chi connectivity index (χ1n) is 5.70. The summed E-state index contributed by atoms with van der Waals surface area (Å²) in [6.45, 7) is 4.14. The van der Waals surface area contributed by atoms with Crippen LogP contribution in [0.5, 0.6) is 5.75 Å². The lowest BCUT2D eigenvalue weighted by atomic mass is 10.1. The molecule has 0 aliphatic rings. The van der Waals surface area contributed by atoms with Crippen LogP contribution in [0.2, 0.25) is 0 Å². The molecule has 0 N–H and O–H groups in total. The second-order valence-electron chi connectivity index (χ2n) is 4.14. The lowest BCUT2D eigenvalue weighted by Crippen LogP contribution is -1.82. The summed E-state index contributed by atoms with van der Waals surface area (Å²) in [6, 6.07) is 16.3. The van der Waals surface area contributed by atoms with Gasteiger partial charge in [-0.1, -0.05) is 47.5 Å². The predicted molar refractivity (Wildman–Crippen MR) is 72.0 cm³/mol. The highest BCUT2D eigenvalue weighted by atomic mass is 16.5. The Labute approximate surface area is 102 Å². The monoisotopic (exact) mass is 224 g/mol. The summed E-state index contributed by atoms with van der Waals surface area (Å²) in [7, 11) is 0. The van der Waals surface area contributed by atoms with Crippen molar-refractivity contribution in [2.24, 2.45) is 0 Å². The van der Waals surface area contributed by atoms with Crippen LogP contribution in [-0.2, 0) is 0 Å². The van der Waals surface area contributed by atoms with E-state index >= 15 is 0 Å². The Hall–Kier alpha value is -2.02. The first kappa shape index (κ1) is 11.5. The van der Waals surface area contributed by atoms with Crippen molar-refractivity contribution in [3.63, 3.8) is 0 Å². The summed E-state index contributed by atoms with van der Waals surface area (Å²) in [5.41, 5.74) is 3.64. The minimum Gasteiger partial charge on any atom is -0.465 e. The molecule has 0 aliphatic heterocycles. The van der Waals surface area contributed by atoms with Gasteiger partial charge in [0.15, 0.2) is 0 Å². The van der Waals surface area contributed by atoms with Crippen LogP contribution in [0.1, 0.15) is 16.7 Å². The maximum Gasteiger partial charge on any atom is 0.126 e. The summed E-state index contributed by atoms with van der Waals surface area (Å²) < 4.78 is 5.51. The van der Waals surface area contributed by atoms with Crippen molar-refractivity contribution in [1.29, 1.82) is 0 Å². The average Bonchev–Trinajstić information content (AvgIpc) is 2.34. The number of ether oxygens (including phenoxy) is 1. The van der Waals surface area contributed by atoms with Crippen molar-refractivity contribution in [1.82, 2.24) is 0 Å². The summed E-state index contributed by atoms with van der Waals surface area (Å²) in [5.74, 6) is 0.860. The van der Waals surface area contributed by atoms with E-state index < -0.39 is 0 Å². The van der Waals surface area contributed by atoms with Crippen LogP contribution in [-0.4, -0.2) is 0 Å². The van der Waals surface area contributed by atoms with E-state index in [0.717, 1.165) is 11.3 Å². The maximum atomic E-state index is 5.51. The molecule has 0 amide bonds. The van der Waals surface area contributed by atoms with Crippen molar-refractivity contribution in [2.45, 2.75) is 13.8 Å². The van der Waals surface area contributed by atoms with E-state index in [9.17, 15) is 0 Å². The largest absolute Gasteiger partial charge is 0.465 e. The van der Waals surface area contributed by atoms with Crippen molar-refractivity contribution in [3.8, 4) is 5.75 Å². The van der Waals surface area contributed by atoms with E-state index in [-0.39, 0.29) is 0 Å². The maximum absolute atomic E-state index is 5.51. The molecule has 0 fully saturated rings. The first-order chi connectivity index (χ1) is 8.24. The van der Waals surface area contributed by atoms with Gasteiger partial charge in [0.1, 0.15) is 5.75 Å². The molecule has 0 saturated heterocycles. The van der Waals surface area contributed by atoms with Gasteiger partial charge in [-0.2, -0.15) is 0 Å². The van der Waals surface area contributed by atoms with E-state index in [1.807, 2.05) is 30.3 Å². The fraction of sp³-hybridized carbons (Fsp3) is 0.125. The van der Waals surface area contributed by atoms with Crippen LogP contribution in [0.25, 0.3) is 6.08 Å². The van der Waals surface area contributed by atoms with Crippen molar-refractivity contribution < 1.29 is 4.74 Å². The van der Waals surface area contributed by atoms with Crippen LogP contribution in [0.4, 0.5) is 0 Å². The van der Waals surface area contributed by atoms with E-state index in [0.29, 0.717) is 0 Å². The third-order valence-corrected chi connectivity index (χ3v) is 2.56. The fourth-order valence-electron chi connectivity index (χ4n) is 1.49. The van der Waals surface area contributed by atoms with Gasteiger partial charge in [-0.3, -0.25) is 0 Å². The molecule has 0 saturated carbocycles. The van der Waals surface area contributed by atoms with Gasteiger partial charge in [0.05, 0.1) is 6.26 Å². The number of hydrogen-bond donors (Lipinski definition) is 0. The Morgan fingerprint density at radius 3 is 1.88 bits per heavy atom. The highest BCUT2D eigenvalue weighted by Crippen LogP contribution is 2.12. The van der Waals surface area contributed by atoms with Gasteiger partial charge in [-0.15, -0.1) is 0 Å². The predicted octanol–water partition coefficient (Wildman–Crippen LogP) is 4.35. The van der Waals surface area contributed by atoms with Crippen LogP contribution >= 0.6 is 0 Å². The molecule has 0 aliphatic carbocycles. The Morgan fingerprint density at radius 1 is 0.765 bits per heavy atom. The molecule has 0 heterocycles. The van der Waals surface area contributed by atoms with Gasteiger partial charge in [0.25, 0.3) is 0 Å². The van der Waals surface area contributed by atoms with Gasteiger partial charge in [-0.05, 0) is 37.6 Å². The summed E-state index contributed by atoms with van der Waals surface area (Å²) in [5, 5.41) is 0. The fourth-order valence-corrected chi connectivity index (χ4v) is 1.49. The smallest absolute Gasteiger partial charge is 0.126 e. The Balaban J connectivity index is 1.97. The topological polar surface area (TPSA) is 9.23 Å². The van der Waals surface area contributed by atoms with Gasteiger partial charge in [-0.25, -0.2) is 0 Å². The summed E-state index contributed by atoms with van der Waals surface area (Å²) >= 11 is 0. The molecular weight excluding hydrogens is 208 g/mol. The van der Waals surface area contributed by atoms with E-state index in [2.05, 4.69) is 38.1 Å². The molecule has 2 aromatic rings. The molecule has 2 rings (SSSR count). The molecule has 0 radical (unpaired) electrons. The number of hydrogen-bond acceptors (Lipinski definition) is 1. The zero-order valence-electron chi connectivity index (χ0n) is 10.2. The SMILES string of the molecule is Cc1ccc(/C=C/Oc2ccc(C)cc2)cc1. The van der Waals surface area contributed by atoms with Crippen molar-refractivity contribution in [2.75, 3.05) is 0 Å². The van der Waals surface area contributed by atoms with Crippen molar-refractivity contribution >= 4 is 6.08 Å². The molecule has 86 valence electrons. The minimum absolute atomic E-state index is 0.860. The van der Waals surface area contributed by atoms with Gasteiger partial charge < -0.3 is 4.74 Å². The number of rotatable bonds is 3. The molecule has 0 bridgehead atoms. The van der Waals surface area contributed by atoms with Crippen molar-refractivity contribution in [3.05, 3.63) is 71.5 Å². The highest BCUT2D eigenvalue weighted by Gasteiger charge is 1.90. The molecule has 0 aromatic heterocycles. The molecule has 0 spiro atoms. The number of aryl methyl sites for hydroxylation is 2. The molecule has 1 heteroatoms. The first-order valence-corrected chi connectivity index (χ1v) is 5.70. The number of benzene rings is 2. The lowest BCUT2D eigenvalue weighted by molar-refractivity contribution is 0.485. The van der Waals surface area contributed by atoms with E-state index in [1.165, 1.54) is 11.1 Å². The van der Waals surface area contributed by atoms with Crippen LogP contribution in [0.15, 0.2) is 54.8 Å². The van der Waals surface area contributed by atoms with Crippen LogP contribution in [0, 0.1) is 13.8 Å². The molecule has 0 atom stereocenters. The highest BCUT2D eigenvalue weighted by molar-refractivity contribution is 5.49. The van der Waals surface area contributed by atoms with Gasteiger partial charge >= 0.3 is 0 Å². The lowest BCUT2D eigenvalue weighted by Gasteiger charge is -2.00. The standard InChI is InChI=1S/C16H16O/c1-13-3-7-15(8-4-13)11-12-17-16-9-5-14(2)6-10-16/h3-12H,1-2H3/b12-11+. The Kier molecular flexibility index (Phi) is 3.61. The Bertz CT molecular complexity index is 492. The third-order valence-electron chi connectivity index (χ3n) is 2.56. The molecule has 17 heavy (non-hydrogen) atoms. The average molecular weight is 224 g/mol. The third kappa shape index (κ3) is 3.49. The molecule has 0 unspecified atom stereocenters. The van der Waals surface area contributed by atoms with Crippen LogP contribution in [0.3, 0.4) is 0 Å². The zero-order chi connectivity index (χ0) is 12.1. The quantitative estimate of drug-likeness (QED) is 0.704. The second kappa shape index (κ2) is 5.35. The Morgan fingerprint density at radius 2 is 1.29 bits per heavy atom. The molecular formula is C16H16O. The second-order valence-corrected chi connectivity index (χ2v) is 4.14. The van der Waals surface area contributed by atoms with E-state index in [1.54, 1.807) is 6.26 Å². The summed E-state index contributed by atoms with van der Waals surface area (Å²) in [6.07, 6.45) is 3.68. The van der Waals surface area contributed by atoms with Gasteiger partial charge in [0.2, 0.25) is 0 Å². The molecule has 1 nitrogen and oxygen atoms in total. The summed E-state index contributed by atoms with van der Waals surface area (Å²) in [4.78, 5) is 0. The van der Waals surface area contributed by atoms with Crippen LogP contribution < -0.4 is 4.74 Å². The minimum atomic E-state index is 0.860. The molecule has 2 aromatic carbocycles.